The van der Waals surface area contributed by atoms with Crippen LogP contribution < -0.4 is 10.6 Å². The first-order valence-corrected chi connectivity index (χ1v) is 6.72. The largest absolute Gasteiger partial charge is 0.395 e. The molecule has 1 aromatic heterocycles. The number of hydrogen-bond acceptors (Lipinski definition) is 4. The number of H-pyrrole nitrogens is 1. The summed E-state index contributed by atoms with van der Waals surface area (Å²) in [5.41, 5.74) is 9.42. The molecule has 0 atom stereocenters. The Labute approximate surface area is 124 Å². The van der Waals surface area contributed by atoms with Crippen LogP contribution in [-0.2, 0) is 6.54 Å². The van der Waals surface area contributed by atoms with Crippen molar-refractivity contribution in [1.29, 1.82) is 0 Å². The molecule has 21 heavy (non-hydrogen) atoms. The second kappa shape index (κ2) is 5.87. The lowest BCUT2D eigenvalue weighted by molar-refractivity contribution is 0.0780. The van der Waals surface area contributed by atoms with Crippen molar-refractivity contribution in [2.75, 3.05) is 31.8 Å². The molecule has 0 aliphatic heterocycles. The van der Waals surface area contributed by atoms with E-state index in [4.69, 9.17) is 5.73 Å². The smallest absolute Gasteiger partial charge is 0.276 e. The molecule has 1 heterocycles. The number of nitrogens with one attached hydrogen (secondary N) is 1. The zero-order chi connectivity index (χ0) is 15.6. The van der Waals surface area contributed by atoms with Gasteiger partial charge in [0.15, 0.2) is 5.69 Å². The normalized spacial score (nSPS) is 10.5. The van der Waals surface area contributed by atoms with E-state index in [1.54, 1.807) is 18.9 Å². The summed E-state index contributed by atoms with van der Waals surface area (Å²) in [7, 11) is 5.73. The summed E-state index contributed by atoms with van der Waals surface area (Å²) in [6, 6.07) is 8.08. The molecule has 2 aromatic rings. The number of hydrogen-bond donors (Lipinski definition) is 2. The van der Waals surface area contributed by atoms with Crippen molar-refractivity contribution in [1.82, 2.24) is 15.1 Å². The van der Waals surface area contributed by atoms with E-state index in [2.05, 4.69) is 10.2 Å². The summed E-state index contributed by atoms with van der Waals surface area (Å²) in [5, 5.41) is 6.70. The molecule has 6 nitrogen and oxygen atoms in total. The number of rotatable bonds is 4. The summed E-state index contributed by atoms with van der Waals surface area (Å²) in [6.07, 6.45) is 0. The molecule has 0 saturated heterocycles. The minimum atomic E-state index is -0.187. The highest BCUT2D eigenvalue weighted by Crippen LogP contribution is 2.17. The first-order chi connectivity index (χ1) is 9.90. The molecule has 0 spiro atoms. The van der Waals surface area contributed by atoms with Crippen molar-refractivity contribution in [2.45, 2.75) is 13.5 Å². The molecule has 2 rings (SSSR count). The van der Waals surface area contributed by atoms with E-state index in [9.17, 15) is 4.79 Å². The summed E-state index contributed by atoms with van der Waals surface area (Å²) in [4.78, 5) is 16.0. The number of nitrogens with zero attached hydrogens (tertiary/aromatic N) is 3. The van der Waals surface area contributed by atoms with Gasteiger partial charge < -0.3 is 15.5 Å². The SMILES string of the molecule is Cc1[nH]nc(C(=O)N(C)Cc2ccc(N(C)C)cc2)c1N. The van der Waals surface area contributed by atoms with Crippen molar-refractivity contribution in [3.8, 4) is 0 Å². The van der Waals surface area contributed by atoms with Crippen LogP contribution >= 0.6 is 0 Å². The molecule has 0 fully saturated rings. The Balaban J connectivity index is 2.08. The summed E-state index contributed by atoms with van der Waals surface area (Å²) in [5.74, 6) is -0.187. The van der Waals surface area contributed by atoms with Crippen molar-refractivity contribution >= 4 is 17.3 Å². The molecule has 1 aromatic carbocycles. The average Bonchev–Trinajstić information content (AvgIpc) is 2.78. The van der Waals surface area contributed by atoms with E-state index in [-0.39, 0.29) is 11.6 Å². The van der Waals surface area contributed by atoms with Crippen molar-refractivity contribution < 1.29 is 4.79 Å². The predicted octanol–water partition coefficient (Wildman–Crippen LogP) is 1.64. The van der Waals surface area contributed by atoms with Crippen LogP contribution in [0.3, 0.4) is 0 Å². The molecular formula is C15H21N5O. The van der Waals surface area contributed by atoms with Crippen LogP contribution in [0.1, 0.15) is 21.7 Å². The lowest BCUT2D eigenvalue weighted by Crippen LogP contribution is -2.27. The summed E-state index contributed by atoms with van der Waals surface area (Å²) < 4.78 is 0. The van der Waals surface area contributed by atoms with Gasteiger partial charge in [-0.2, -0.15) is 5.10 Å². The Morgan fingerprint density at radius 1 is 1.24 bits per heavy atom. The Kier molecular flexibility index (Phi) is 4.16. The fourth-order valence-corrected chi connectivity index (χ4v) is 2.03. The lowest BCUT2D eigenvalue weighted by Gasteiger charge is -2.17. The topological polar surface area (TPSA) is 78.2 Å². The fourth-order valence-electron chi connectivity index (χ4n) is 2.03. The number of amides is 1. The van der Waals surface area contributed by atoms with Crippen LogP contribution in [0.4, 0.5) is 11.4 Å². The monoisotopic (exact) mass is 287 g/mol. The first kappa shape index (κ1) is 14.9. The molecule has 0 radical (unpaired) electrons. The molecular weight excluding hydrogens is 266 g/mol. The highest BCUT2D eigenvalue weighted by atomic mass is 16.2. The fraction of sp³-hybridized carbons (Fsp3) is 0.333. The number of aryl methyl sites for hydroxylation is 1. The molecule has 0 aliphatic carbocycles. The Morgan fingerprint density at radius 3 is 2.33 bits per heavy atom. The third-order valence-corrected chi connectivity index (χ3v) is 3.42. The molecule has 0 bridgehead atoms. The van der Waals surface area contributed by atoms with Gasteiger partial charge in [-0.05, 0) is 24.6 Å². The highest BCUT2D eigenvalue weighted by Gasteiger charge is 2.19. The molecule has 3 N–H and O–H groups in total. The number of aromatic nitrogens is 2. The first-order valence-electron chi connectivity index (χ1n) is 6.72. The number of nitrogens with two attached hydrogens (primary N) is 1. The van der Waals surface area contributed by atoms with Crippen LogP contribution in [0.15, 0.2) is 24.3 Å². The number of aromatic amines is 1. The van der Waals surface area contributed by atoms with Gasteiger partial charge in [-0.15, -0.1) is 0 Å². The van der Waals surface area contributed by atoms with Gasteiger partial charge >= 0.3 is 0 Å². The molecule has 0 saturated carbocycles. The van der Waals surface area contributed by atoms with Crippen LogP contribution in [0.5, 0.6) is 0 Å². The van der Waals surface area contributed by atoms with Gasteiger partial charge in [-0.25, -0.2) is 0 Å². The van der Waals surface area contributed by atoms with Crippen molar-refractivity contribution in [3.05, 3.63) is 41.2 Å². The third kappa shape index (κ3) is 3.16. The van der Waals surface area contributed by atoms with E-state index in [1.807, 2.05) is 43.3 Å². The second-order valence-corrected chi connectivity index (χ2v) is 5.33. The molecule has 0 aliphatic rings. The zero-order valence-electron chi connectivity index (χ0n) is 12.8. The van der Waals surface area contributed by atoms with Gasteiger partial charge in [0.25, 0.3) is 5.91 Å². The van der Waals surface area contributed by atoms with Gasteiger partial charge in [0.1, 0.15) is 0 Å². The van der Waals surface area contributed by atoms with E-state index >= 15 is 0 Å². The minimum absolute atomic E-state index is 0.187. The van der Waals surface area contributed by atoms with E-state index in [0.29, 0.717) is 17.9 Å². The average molecular weight is 287 g/mol. The Morgan fingerprint density at radius 2 is 1.86 bits per heavy atom. The van der Waals surface area contributed by atoms with E-state index < -0.39 is 0 Å². The maximum Gasteiger partial charge on any atom is 0.276 e. The molecule has 6 heteroatoms. The maximum atomic E-state index is 12.3. The number of carbonyl (C=O) groups excluding carboxylic acids is 1. The standard InChI is InChI=1S/C15H21N5O/c1-10-13(16)14(18-17-10)15(21)20(4)9-11-5-7-12(8-6-11)19(2)3/h5-8H,9,16H2,1-4H3,(H,17,18). The summed E-state index contributed by atoms with van der Waals surface area (Å²) >= 11 is 0. The Bertz CT molecular complexity index is 630. The molecule has 112 valence electrons. The highest BCUT2D eigenvalue weighted by molar-refractivity contribution is 5.97. The van der Waals surface area contributed by atoms with Crippen molar-refractivity contribution in [3.63, 3.8) is 0 Å². The summed E-state index contributed by atoms with van der Waals surface area (Å²) in [6.45, 7) is 2.30. The van der Waals surface area contributed by atoms with Crippen molar-refractivity contribution in [2.24, 2.45) is 0 Å². The maximum absolute atomic E-state index is 12.3. The van der Waals surface area contributed by atoms with Gasteiger partial charge in [0.2, 0.25) is 0 Å². The third-order valence-electron chi connectivity index (χ3n) is 3.42. The van der Waals surface area contributed by atoms with Crippen LogP contribution in [0.2, 0.25) is 0 Å². The number of nitrogen functional groups attached to an aromatic ring is 1. The van der Waals surface area contributed by atoms with Crippen LogP contribution in [-0.4, -0.2) is 42.1 Å². The van der Waals surface area contributed by atoms with E-state index in [0.717, 1.165) is 11.3 Å². The van der Waals surface area contributed by atoms with E-state index in [1.165, 1.54) is 0 Å². The minimum Gasteiger partial charge on any atom is -0.395 e. The lowest BCUT2D eigenvalue weighted by atomic mass is 10.2. The quantitative estimate of drug-likeness (QED) is 0.896. The van der Waals surface area contributed by atoms with Gasteiger partial charge in [0.05, 0.1) is 11.4 Å². The Hall–Kier alpha value is -2.50. The zero-order valence-corrected chi connectivity index (χ0v) is 12.8. The van der Waals surface area contributed by atoms with Gasteiger partial charge in [0, 0.05) is 33.4 Å². The van der Waals surface area contributed by atoms with Gasteiger partial charge in [-0.3, -0.25) is 9.89 Å². The number of anilines is 2. The molecule has 0 unspecified atom stereocenters. The molecule has 1 amide bonds. The van der Waals surface area contributed by atoms with Crippen LogP contribution in [0, 0.1) is 6.92 Å². The number of benzene rings is 1. The second-order valence-electron chi connectivity index (χ2n) is 5.33. The van der Waals surface area contributed by atoms with Gasteiger partial charge in [-0.1, -0.05) is 12.1 Å². The number of carbonyl (C=O) groups is 1. The van der Waals surface area contributed by atoms with Crippen LogP contribution in [0.25, 0.3) is 0 Å². The predicted molar refractivity (Wildman–Crippen MR) is 84.3 cm³/mol.